The molecule has 2 fully saturated rings. The molecule has 1 saturated carbocycles. The number of phenolic OH excluding ortho intramolecular Hbond substituents is 1. The molecule has 65 heavy (non-hydrogen) atoms. The van der Waals surface area contributed by atoms with Gasteiger partial charge in [-0.3, -0.25) is 19.8 Å². The zero-order chi connectivity index (χ0) is 46.4. The Morgan fingerprint density at radius 3 is 2.35 bits per heavy atom. The SMILES string of the molecule is COc1cc2nc(CCn3c(=O)n4n(c3=O)[C@@H]3C[C@H]5C(=O)N(Nc6ncc(C(F)(F)F)cc6Cl)C(=O)[C@@]5(c5ccc(Cl)cc5)[C@@H](c5cc(Br)ccc5O)C3=CC4)c(=O)n(C)c2cc1OC. The van der Waals surface area contributed by atoms with Gasteiger partial charge < -0.3 is 19.1 Å². The van der Waals surface area contributed by atoms with Gasteiger partial charge in [-0.1, -0.05) is 57.3 Å². The van der Waals surface area contributed by atoms with E-state index in [-0.39, 0.29) is 48.5 Å². The Hall–Kier alpha value is -6.38. The molecule has 6 aromatic rings. The van der Waals surface area contributed by atoms with Crippen LogP contribution in [0.15, 0.2) is 97.4 Å². The first-order chi connectivity index (χ1) is 30.9. The Kier molecular flexibility index (Phi) is 10.8. The number of carbonyl (C=O) groups excluding carboxylic acids is 2. The number of nitrogens with zero attached hydrogens (tertiary/aromatic N) is 7. The lowest BCUT2D eigenvalue weighted by Crippen LogP contribution is -2.53. The number of hydrogen-bond acceptors (Lipinski definition) is 11. The summed E-state index contributed by atoms with van der Waals surface area (Å²) < 4.78 is 56.8. The van der Waals surface area contributed by atoms with E-state index in [1.165, 1.54) is 46.3 Å². The zero-order valence-electron chi connectivity index (χ0n) is 34.2. The number of benzene rings is 3. The van der Waals surface area contributed by atoms with Gasteiger partial charge in [0.25, 0.3) is 17.4 Å². The fourth-order valence-electron chi connectivity index (χ4n) is 9.47. The third-order valence-electron chi connectivity index (χ3n) is 12.4. The molecule has 0 bridgehead atoms. The molecule has 336 valence electrons. The number of alkyl halides is 3. The number of methoxy groups -OCH3 is 2. The summed E-state index contributed by atoms with van der Waals surface area (Å²) in [6.07, 6.45) is -3.00. The van der Waals surface area contributed by atoms with Crippen molar-refractivity contribution in [2.24, 2.45) is 13.0 Å². The van der Waals surface area contributed by atoms with Crippen molar-refractivity contribution in [2.75, 3.05) is 19.6 Å². The molecule has 3 aromatic carbocycles. The van der Waals surface area contributed by atoms with Crippen LogP contribution in [0.25, 0.3) is 11.0 Å². The number of ether oxygens (including phenoxy) is 2. The van der Waals surface area contributed by atoms with Gasteiger partial charge in [-0.25, -0.2) is 33.5 Å². The van der Waals surface area contributed by atoms with E-state index in [1.54, 1.807) is 49.5 Å². The Bertz CT molecular complexity index is 3220. The molecule has 0 radical (unpaired) electrons. The number of carbonyl (C=O) groups is 2. The van der Waals surface area contributed by atoms with Crippen molar-refractivity contribution in [3.8, 4) is 17.2 Å². The van der Waals surface area contributed by atoms with Gasteiger partial charge in [0.2, 0.25) is 0 Å². The first-order valence-corrected chi connectivity index (χ1v) is 21.3. The molecule has 5 heterocycles. The second-order valence-electron chi connectivity index (χ2n) is 15.7. The number of allylic oxidation sites excluding steroid dienone is 2. The number of phenols is 1. The molecule has 0 spiro atoms. The molecule has 3 aliphatic rings. The van der Waals surface area contributed by atoms with Crippen LogP contribution < -0.4 is 31.8 Å². The lowest BCUT2D eigenvalue weighted by Gasteiger charge is -2.49. The molecular formula is C43H34BrCl2F3N8O8. The van der Waals surface area contributed by atoms with Gasteiger partial charge >= 0.3 is 17.6 Å². The summed E-state index contributed by atoms with van der Waals surface area (Å²) in [6, 6.07) is 13.5. The first-order valence-electron chi connectivity index (χ1n) is 19.8. The predicted octanol–water partition coefficient (Wildman–Crippen LogP) is 6.13. The molecule has 1 aliphatic carbocycles. The van der Waals surface area contributed by atoms with Crippen LogP contribution in [0.4, 0.5) is 19.0 Å². The van der Waals surface area contributed by atoms with Gasteiger partial charge in [0.15, 0.2) is 17.3 Å². The standard InChI is InChI=1S/C43H34BrCl2F3N8O8/c1-53-31-18-34(65-3)33(64-2)17-29(31)51-28(38(53)60)11-12-54-40(62)55-13-10-24-30(57(55)41(54)63)16-26-37(59)56(52-36-27(46)14-21(19-50-36)43(47,48)49)39(61)42(26,20-4-7-23(45)8-5-20)35(24)25-15-22(44)6-9-32(25)58/h4-10,14-15,17-19,26,30,35,58H,11-13,16H2,1-3H3,(H,50,52)/t26-,30+,35+,42+/m0/s1. The number of imide groups is 1. The van der Waals surface area contributed by atoms with Gasteiger partial charge in [-0.15, -0.1) is 0 Å². The highest BCUT2D eigenvalue weighted by Crippen LogP contribution is 2.63. The van der Waals surface area contributed by atoms with Crippen molar-refractivity contribution >= 4 is 67.8 Å². The molecule has 2 amide bonds. The Morgan fingerprint density at radius 2 is 1.68 bits per heavy atom. The van der Waals surface area contributed by atoms with Crippen molar-refractivity contribution in [1.82, 2.24) is 33.5 Å². The van der Waals surface area contributed by atoms with Crippen LogP contribution in [-0.4, -0.2) is 64.6 Å². The molecule has 22 heteroatoms. The Labute approximate surface area is 383 Å². The highest BCUT2D eigenvalue weighted by Gasteiger charge is 2.69. The summed E-state index contributed by atoms with van der Waals surface area (Å²) in [7, 11) is 4.47. The maximum atomic E-state index is 15.4. The fourth-order valence-corrected chi connectivity index (χ4v) is 10.2. The average Bonchev–Trinajstić information content (AvgIpc) is 3.65. The number of halogens is 6. The number of amides is 2. The van der Waals surface area contributed by atoms with Crippen molar-refractivity contribution in [1.29, 1.82) is 0 Å². The topological polar surface area (TPSA) is 185 Å². The number of aryl methyl sites for hydroxylation is 2. The van der Waals surface area contributed by atoms with Crippen LogP contribution in [0.1, 0.15) is 40.8 Å². The molecule has 3 aromatic heterocycles. The summed E-state index contributed by atoms with van der Waals surface area (Å²) >= 11 is 16.1. The number of hydrogen-bond donors (Lipinski definition) is 2. The molecule has 0 unspecified atom stereocenters. The lowest BCUT2D eigenvalue weighted by atomic mass is 9.53. The number of rotatable bonds is 9. The maximum absolute atomic E-state index is 15.4. The molecule has 2 N–H and O–H groups in total. The zero-order valence-corrected chi connectivity index (χ0v) is 37.3. The Morgan fingerprint density at radius 1 is 0.969 bits per heavy atom. The van der Waals surface area contributed by atoms with Crippen LogP contribution in [0.3, 0.4) is 0 Å². The van der Waals surface area contributed by atoms with E-state index >= 15 is 4.79 Å². The van der Waals surface area contributed by atoms with Gasteiger partial charge in [0.05, 0.1) is 59.8 Å². The van der Waals surface area contributed by atoms with Gasteiger partial charge in [-0.05, 0) is 54.0 Å². The number of fused-ring (bicyclic) bond motifs is 5. The van der Waals surface area contributed by atoms with Crippen LogP contribution in [0.5, 0.6) is 17.2 Å². The summed E-state index contributed by atoms with van der Waals surface area (Å²) in [6.45, 7) is -0.440. The van der Waals surface area contributed by atoms with Gasteiger partial charge in [0.1, 0.15) is 11.4 Å². The quantitative estimate of drug-likeness (QED) is 0.126. The van der Waals surface area contributed by atoms with E-state index in [9.17, 15) is 37.5 Å². The third kappa shape index (κ3) is 6.82. The normalized spacial score (nSPS) is 20.4. The minimum Gasteiger partial charge on any atom is -0.508 e. The molecule has 9 rings (SSSR count). The highest BCUT2D eigenvalue weighted by molar-refractivity contribution is 9.10. The van der Waals surface area contributed by atoms with Gasteiger partial charge in [0, 0.05) is 59.3 Å². The summed E-state index contributed by atoms with van der Waals surface area (Å²) in [5, 5.41) is 12.0. The average molecular weight is 999 g/mol. The van der Waals surface area contributed by atoms with E-state index in [0.717, 1.165) is 4.57 Å². The highest BCUT2D eigenvalue weighted by atomic mass is 79.9. The molecule has 4 atom stereocenters. The van der Waals surface area contributed by atoms with Crippen molar-refractivity contribution in [2.45, 2.75) is 49.5 Å². The third-order valence-corrected chi connectivity index (χ3v) is 13.5. The summed E-state index contributed by atoms with van der Waals surface area (Å²) in [5.74, 6) is -4.25. The summed E-state index contributed by atoms with van der Waals surface area (Å²) in [4.78, 5) is 81.1. The number of aromatic hydroxyl groups is 1. The van der Waals surface area contributed by atoms with E-state index < -0.39 is 74.6 Å². The van der Waals surface area contributed by atoms with Crippen molar-refractivity contribution in [3.05, 3.63) is 147 Å². The molecule has 16 nitrogen and oxygen atoms in total. The second-order valence-corrected chi connectivity index (χ2v) is 17.4. The molecule has 2 aliphatic heterocycles. The Balaban J connectivity index is 1.17. The smallest absolute Gasteiger partial charge is 0.417 e. The van der Waals surface area contributed by atoms with Crippen LogP contribution in [0, 0.1) is 5.92 Å². The number of hydrazine groups is 1. The van der Waals surface area contributed by atoms with E-state index in [4.69, 9.17) is 32.7 Å². The van der Waals surface area contributed by atoms with Crippen LogP contribution in [0.2, 0.25) is 10.0 Å². The first kappa shape index (κ1) is 43.9. The van der Waals surface area contributed by atoms with E-state index in [0.29, 0.717) is 54.9 Å². The second kappa shape index (κ2) is 15.9. The van der Waals surface area contributed by atoms with E-state index in [1.807, 2.05) is 0 Å². The monoisotopic (exact) mass is 996 g/mol. The number of pyridine rings is 1. The number of anilines is 1. The predicted molar refractivity (Wildman–Crippen MR) is 233 cm³/mol. The fraction of sp³-hybridized carbons (Fsp3) is 0.279. The van der Waals surface area contributed by atoms with Crippen molar-refractivity contribution in [3.63, 3.8) is 0 Å². The van der Waals surface area contributed by atoms with Crippen molar-refractivity contribution < 1.29 is 37.3 Å². The summed E-state index contributed by atoms with van der Waals surface area (Å²) in [5.41, 5.74) is -0.670. The molecular weight excluding hydrogens is 964 g/mol. The minimum atomic E-state index is -4.79. The largest absolute Gasteiger partial charge is 0.508 e. The number of aromatic nitrogens is 6. The lowest BCUT2D eigenvalue weighted by molar-refractivity contribution is -0.139. The van der Waals surface area contributed by atoms with Crippen LogP contribution in [-0.2, 0) is 47.7 Å². The van der Waals surface area contributed by atoms with Gasteiger partial charge in [-0.2, -0.15) is 18.2 Å². The van der Waals surface area contributed by atoms with E-state index in [2.05, 4.69) is 31.3 Å². The minimum absolute atomic E-state index is 0.0624. The van der Waals surface area contributed by atoms with Crippen LogP contribution >= 0.6 is 39.1 Å². The molecule has 1 saturated heterocycles. The maximum Gasteiger partial charge on any atom is 0.417 e. The number of nitrogens with one attached hydrogen (secondary N) is 1.